The van der Waals surface area contributed by atoms with Crippen LogP contribution in [0, 0.1) is 6.92 Å². The first kappa shape index (κ1) is 16.3. The number of carbonyl (C=O) groups is 1. The third-order valence-electron chi connectivity index (χ3n) is 4.55. The zero-order valence-corrected chi connectivity index (χ0v) is 14.8. The number of anilines is 1. The van der Waals surface area contributed by atoms with Crippen molar-refractivity contribution in [2.24, 2.45) is 0 Å². The second-order valence-electron chi connectivity index (χ2n) is 6.45. The molecule has 0 fully saturated rings. The molecule has 5 heteroatoms. The molecule has 3 aromatic rings. The molecule has 2 aromatic carbocycles. The lowest BCUT2D eigenvalue weighted by atomic mass is 10.0. The van der Waals surface area contributed by atoms with Gasteiger partial charge in [-0.2, -0.15) is 0 Å². The van der Waals surface area contributed by atoms with Crippen molar-refractivity contribution in [1.82, 2.24) is 4.98 Å². The number of ether oxygens (including phenoxy) is 1. The van der Waals surface area contributed by atoms with Crippen LogP contribution in [0.15, 0.2) is 60.8 Å². The molecule has 0 atom stereocenters. The first-order chi connectivity index (χ1) is 12.6. The van der Waals surface area contributed by atoms with E-state index in [-0.39, 0.29) is 12.5 Å². The first-order valence-electron chi connectivity index (χ1n) is 8.51. The van der Waals surface area contributed by atoms with Gasteiger partial charge in [-0.05, 0) is 48.4 Å². The fourth-order valence-electron chi connectivity index (χ4n) is 2.99. The topological polar surface area (TPSA) is 59.0 Å². The van der Waals surface area contributed by atoms with Crippen LogP contribution in [0.25, 0.3) is 11.1 Å². The SMILES string of the molecule is Cc1ccc([NH2+]c2cc(-c3ccc4c(c3)N(C)C(=O)CO4)ccn2)cc1. The van der Waals surface area contributed by atoms with E-state index in [1.54, 1.807) is 18.1 Å². The quantitative estimate of drug-likeness (QED) is 0.742. The fourth-order valence-corrected chi connectivity index (χ4v) is 2.99. The van der Waals surface area contributed by atoms with Crippen LogP contribution >= 0.6 is 0 Å². The maximum Gasteiger partial charge on any atom is 0.264 e. The van der Waals surface area contributed by atoms with Gasteiger partial charge in [-0.15, -0.1) is 0 Å². The normalized spacial score (nSPS) is 13.3. The van der Waals surface area contributed by atoms with Gasteiger partial charge in [0.15, 0.2) is 6.61 Å². The van der Waals surface area contributed by atoms with Crippen LogP contribution in [0.5, 0.6) is 5.75 Å². The van der Waals surface area contributed by atoms with Gasteiger partial charge < -0.3 is 9.64 Å². The highest BCUT2D eigenvalue weighted by Crippen LogP contribution is 2.35. The molecule has 0 spiro atoms. The number of likely N-dealkylation sites (N-methyl/N-ethyl adjacent to an activating group) is 1. The molecule has 1 aromatic heterocycles. The van der Waals surface area contributed by atoms with Crippen molar-refractivity contribution in [3.63, 3.8) is 0 Å². The molecule has 0 saturated carbocycles. The van der Waals surface area contributed by atoms with Crippen LogP contribution < -0.4 is 15.0 Å². The van der Waals surface area contributed by atoms with Gasteiger partial charge in [0.25, 0.3) is 5.91 Å². The number of benzene rings is 2. The van der Waals surface area contributed by atoms with Crippen LogP contribution in [-0.4, -0.2) is 24.5 Å². The summed E-state index contributed by atoms with van der Waals surface area (Å²) in [4.78, 5) is 18.0. The number of hydrogen-bond acceptors (Lipinski definition) is 3. The van der Waals surface area contributed by atoms with Gasteiger partial charge in [-0.1, -0.05) is 23.8 Å². The Balaban J connectivity index is 1.64. The molecule has 4 rings (SSSR count). The van der Waals surface area contributed by atoms with Gasteiger partial charge in [0, 0.05) is 19.3 Å². The first-order valence-corrected chi connectivity index (χ1v) is 8.51. The van der Waals surface area contributed by atoms with E-state index in [9.17, 15) is 4.79 Å². The number of nitrogens with two attached hydrogens (primary N) is 1. The average Bonchev–Trinajstić information content (AvgIpc) is 2.67. The Labute approximate surface area is 152 Å². The van der Waals surface area contributed by atoms with Gasteiger partial charge >= 0.3 is 0 Å². The highest BCUT2D eigenvalue weighted by atomic mass is 16.5. The number of pyridine rings is 1. The summed E-state index contributed by atoms with van der Waals surface area (Å²) >= 11 is 0. The van der Waals surface area contributed by atoms with Crippen molar-refractivity contribution in [3.8, 4) is 16.9 Å². The zero-order chi connectivity index (χ0) is 18.1. The van der Waals surface area contributed by atoms with Crippen molar-refractivity contribution < 1.29 is 14.8 Å². The largest absolute Gasteiger partial charge is 0.482 e. The average molecular weight is 346 g/mol. The molecule has 0 aliphatic carbocycles. The number of fused-ring (bicyclic) bond motifs is 1. The third-order valence-corrected chi connectivity index (χ3v) is 4.55. The van der Waals surface area contributed by atoms with Crippen molar-refractivity contribution in [2.45, 2.75) is 6.92 Å². The molecular formula is C21H20N3O2+. The van der Waals surface area contributed by atoms with E-state index in [0.717, 1.165) is 34.1 Å². The summed E-state index contributed by atoms with van der Waals surface area (Å²) < 4.78 is 5.50. The predicted molar refractivity (Wildman–Crippen MR) is 101 cm³/mol. The van der Waals surface area contributed by atoms with E-state index < -0.39 is 0 Å². The van der Waals surface area contributed by atoms with Crippen LogP contribution in [0.2, 0.25) is 0 Å². The zero-order valence-electron chi connectivity index (χ0n) is 14.8. The number of hydrogen-bond donors (Lipinski definition) is 1. The number of quaternary nitrogens is 1. The van der Waals surface area contributed by atoms with Crippen molar-refractivity contribution in [3.05, 3.63) is 66.4 Å². The predicted octanol–water partition coefficient (Wildman–Crippen LogP) is 2.94. The molecular weight excluding hydrogens is 326 g/mol. The summed E-state index contributed by atoms with van der Waals surface area (Å²) in [6.45, 7) is 2.16. The summed E-state index contributed by atoms with van der Waals surface area (Å²) in [5.41, 5.74) is 5.21. The molecule has 1 aliphatic rings. The van der Waals surface area contributed by atoms with Crippen LogP contribution in [0.1, 0.15) is 5.56 Å². The molecule has 2 N–H and O–H groups in total. The Bertz CT molecular complexity index is 967. The van der Waals surface area contributed by atoms with Gasteiger partial charge in [-0.25, -0.2) is 4.98 Å². The molecule has 0 unspecified atom stereocenters. The number of rotatable bonds is 3. The van der Waals surface area contributed by atoms with E-state index >= 15 is 0 Å². The minimum Gasteiger partial charge on any atom is -0.482 e. The Morgan fingerprint density at radius 1 is 1.04 bits per heavy atom. The molecule has 26 heavy (non-hydrogen) atoms. The van der Waals surface area contributed by atoms with Crippen LogP contribution in [0.4, 0.5) is 17.2 Å². The standard InChI is InChI=1S/C21H19N3O2/c1-14-3-6-17(7-4-14)23-20-12-16(9-10-22-20)15-5-8-19-18(11-15)24(2)21(25)13-26-19/h3-12H,13H2,1-2H3,(H,22,23)/p+1. The van der Waals surface area contributed by atoms with E-state index in [1.807, 2.05) is 30.3 Å². The van der Waals surface area contributed by atoms with Gasteiger partial charge in [0.05, 0.1) is 5.69 Å². The highest BCUT2D eigenvalue weighted by molar-refractivity contribution is 5.98. The van der Waals surface area contributed by atoms with E-state index in [2.05, 4.69) is 41.5 Å². The molecule has 130 valence electrons. The van der Waals surface area contributed by atoms with Crippen LogP contribution in [-0.2, 0) is 4.79 Å². The smallest absolute Gasteiger partial charge is 0.264 e. The Morgan fingerprint density at radius 2 is 1.81 bits per heavy atom. The number of aromatic nitrogens is 1. The highest BCUT2D eigenvalue weighted by Gasteiger charge is 2.22. The number of amides is 1. The molecule has 1 amide bonds. The maximum atomic E-state index is 11.9. The monoisotopic (exact) mass is 346 g/mol. The van der Waals surface area contributed by atoms with Gasteiger partial charge in [0.2, 0.25) is 5.82 Å². The van der Waals surface area contributed by atoms with Crippen molar-refractivity contribution in [2.75, 3.05) is 18.6 Å². The third kappa shape index (κ3) is 3.17. The Hall–Kier alpha value is -3.18. The second-order valence-corrected chi connectivity index (χ2v) is 6.45. The molecule has 0 bridgehead atoms. The van der Waals surface area contributed by atoms with Crippen molar-refractivity contribution >= 4 is 23.1 Å². The fraction of sp³-hybridized carbons (Fsp3) is 0.143. The Morgan fingerprint density at radius 3 is 2.62 bits per heavy atom. The molecule has 5 nitrogen and oxygen atoms in total. The van der Waals surface area contributed by atoms with Gasteiger partial charge in [0.1, 0.15) is 11.4 Å². The molecule has 2 heterocycles. The van der Waals surface area contributed by atoms with Gasteiger partial charge in [-0.3, -0.25) is 10.1 Å². The second kappa shape index (κ2) is 6.61. The summed E-state index contributed by atoms with van der Waals surface area (Å²) in [6, 6.07) is 18.3. The summed E-state index contributed by atoms with van der Waals surface area (Å²) in [7, 11) is 1.77. The lowest BCUT2D eigenvalue weighted by Gasteiger charge is -2.26. The summed E-state index contributed by atoms with van der Waals surface area (Å²) in [5, 5.41) is 2.06. The maximum absolute atomic E-state index is 11.9. The van der Waals surface area contributed by atoms with E-state index in [1.165, 1.54) is 5.56 Å². The summed E-state index contributed by atoms with van der Waals surface area (Å²) in [6.07, 6.45) is 1.81. The lowest BCUT2D eigenvalue weighted by molar-refractivity contribution is -0.482. The minimum atomic E-state index is -0.0437. The van der Waals surface area contributed by atoms with E-state index in [0.29, 0.717) is 0 Å². The number of carbonyl (C=O) groups excluding carboxylic acids is 1. The molecule has 0 radical (unpaired) electrons. The van der Waals surface area contributed by atoms with Crippen molar-refractivity contribution in [1.29, 1.82) is 0 Å². The molecule has 1 aliphatic heterocycles. The van der Waals surface area contributed by atoms with Crippen LogP contribution in [0.3, 0.4) is 0 Å². The summed E-state index contributed by atoms with van der Waals surface area (Å²) in [5.74, 6) is 1.58. The van der Waals surface area contributed by atoms with E-state index in [4.69, 9.17) is 4.74 Å². The minimum absolute atomic E-state index is 0.0437. The lowest BCUT2D eigenvalue weighted by Crippen LogP contribution is -2.71. The molecule has 0 saturated heterocycles. The Kier molecular flexibility index (Phi) is 4.14. The number of nitrogens with zero attached hydrogens (tertiary/aromatic N) is 2. The number of aryl methyl sites for hydroxylation is 1.